The van der Waals surface area contributed by atoms with Crippen molar-refractivity contribution in [3.8, 4) is 0 Å². The zero-order valence-electron chi connectivity index (χ0n) is 16.2. The first kappa shape index (κ1) is 20.9. The van der Waals surface area contributed by atoms with Gasteiger partial charge in [0.25, 0.3) is 0 Å². The summed E-state index contributed by atoms with van der Waals surface area (Å²) in [5.41, 5.74) is 0.715. The molecule has 0 aliphatic carbocycles. The summed E-state index contributed by atoms with van der Waals surface area (Å²) in [4.78, 5) is 12.8. The molecular formula is C23H17F2NO4S. The van der Waals surface area contributed by atoms with E-state index >= 15 is 0 Å². The van der Waals surface area contributed by atoms with Crippen LogP contribution in [0.3, 0.4) is 0 Å². The largest absolute Gasteiger partial charge is 0.464 e. The van der Waals surface area contributed by atoms with E-state index < -0.39 is 21.7 Å². The van der Waals surface area contributed by atoms with Crippen LogP contribution in [0.1, 0.15) is 11.1 Å². The smallest absolute Gasteiger partial charge is 0.243 e. The molecule has 1 heterocycles. The summed E-state index contributed by atoms with van der Waals surface area (Å²) in [5, 5.41) is 0.334. The SMILES string of the molecule is O=c1c(CN(Cc2ccc(F)cc2)S(=O)(=O)c2ccc(F)cc2)coc2ccccc12. The van der Waals surface area contributed by atoms with Gasteiger partial charge in [0.2, 0.25) is 10.0 Å². The van der Waals surface area contributed by atoms with Crippen molar-refractivity contribution in [3.63, 3.8) is 0 Å². The lowest BCUT2D eigenvalue weighted by Crippen LogP contribution is -2.32. The van der Waals surface area contributed by atoms with Crippen LogP contribution in [0.15, 0.2) is 93.2 Å². The molecule has 0 radical (unpaired) electrons. The lowest BCUT2D eigenvalue weighted by molar-refractivity contribution is 0.395. The second-order valence-electron chi connectivity index (χ2n) is 6.94. The third-order valence-corrected chi connectivity index (χ3v) is 6.63. The van der Waals surface area contributed by atoms with E-state index in [1.807, 2.05) is 0 Å². The second kappa shape index (κ2) is 8.41. The zero-order valence-corrected chi connectivity index (χ0v) is 17.0. The number of fused-ring (bicyclic) bond motifs is 1. The Morgan fingerprint density at radius 3 is 2.10 bits per heavy atom. The highest BCUT2D eigenvalue weighted by Crippen LogP contribution is 2.22. The molecule has 8 heteroatoms. The molecule has 0 fully saturated rings. The highest BCUT2D eigenvalue weighted by atomic mass is 32.2. The van der Waals surface area contributed by atoms with E-state index in [-0.39, 0.29) is 29.0 Å². The average molecular weight is 441 g/mol. The van der Waals surface area contributed by atoms with E-state index in [2.05, 4.69) is 0 Å². The van der Waals surface area contributed by atoms with E-state index in [1.54, 1.807) is 24.3 Å². The molecule has 0 aliphatic heterocycles. The maximum Gasteiger partial charge on any atom is 0.243 e. The number of benzene rings is 3. The Kier molecular flexibility index (Phi) is 5.67. The molecule has 1 aromatic heterocycles. The van der Waals surface area contributed by atoms with Gasteiger partial charge in [-0.3, -0.25) is 4.79 Å². The van der Waals surface area contributed by atoms with Crippen molar-refractivity contribution in [2.75, 3.05) is 0 Å². The monoisotopic (exact) mass is 441 g/mol. The van der Waals surface area contributed by atoms with Crippen LogP contribution in [-0.4, -0.2) is 12.7 Å². The minimum absolute atomic E-state index is 0.119. The molecule has 4 rings (SSSR count). The molecule has 0 saturated carbocycles. The summed E-state index contributed by atoms with van der Waals surface area (Å²) in [6.45, 7) is -0.392. The first-order valence-corrected chi connectivity index (χ1v) is 10.8. The van der Waals surface area contributed by atoms with Crippen LogP contribution in [0, 0.1) is 11.6 Å². The molecule has 0 bridgehead atoms. The molecule has 31 heavy (non-hydrogen) atoms. The molecule has 158 valence electrons. The number of sulfonamides is 1. The van der Waals surface area contributed by atoms with Gasteiger partial charge in [-0.2, -0.15) is 4.31 Å². The fraction of sp³-hybridized carbons (Fsp3) is 0.0870. The Morgan fingerprint density at radius 2 is 1.42 bits per heavy atom. The van der Waals surface area contributed by atoms with Gasteiger partial charge in [-0.1, -0.05) is 24.3 Å². The topological polar surface area (TPSA) is 67.6 Å². The Labute approximate surface area is 177 Å². The highest BCUT2D eigenvalue weighted by Gasteiger charge is 2.26. The van der Waals surface area contributed by atoms with Crippen LogP contribution in [0.4, 0.5) is 8.78 Å². The fourth-order valence-corrected chi connectivity index (χ4v) is 4.60. The van der Waals surface area contributed by atoms with Crippen LogP contribution < -0.4 is 5.43 Å². The van der Waals surface area contributed by atoms with Gasteiger partial charge in [0.05, 0.1) is 22.1 Å². The molecule has 0 aliphatic rings. The van der Waals surface area contributed by atoms with E-state index in [0.29, 0.717) is 16.5 Å². The molecule has 5 nitrogen and oxygen atoms in total. The standard InChI is InChI=1S/C23H17F2NO4S/c24-18-7-5-16(6-8-18)13-26(31(28,29)20-11-9-19(25)10-12-20)14-17-15-30-22-4-2-1-3-21(22)23(17)27/h1-12,15H,13-14H2. The van der Waals surface area contributed by atoms with Gasteiger partial charge in [-0.25, -0.2) is 17.2 Å². The number of para-hydroxylation sites is 1. The molecule has 0 spiro atoms. The highest BCUT2D eigenvalue weighted by molar-refractivity contribution is 7.89. The van der Waals surface area contributed by atoms with Gasteiger partial charge in [-0.05, 0) is 54.1 Å². The van der Waals surface area contributed by atoms with Crippen molar-refractivity contribution >= 4 is 21.0 Å². The van der Waals surface area contributed by atoms with Crippen LogP contribution >= 0.6 is 0 Å². The van der Waals surface area contributed by atoms with Crippen molar-refractivity contribution < 1.29 is 21.6 Å². The Hall–Kier alpha value is -3.36. The second-order valence-corrected chi connectivity index (χ2v) is 8.88. The lowest BCUT2D eigenvalue weighted by Gasteiger charge is -2.22. The molecule has 0 amide bonds. The minimum Gasteiger partial charge on any atom is -0.464 e. The summed E-state index contributed by atoms with van der Waals surface area (Å²) >= 11 is 0. The van der Waals surface area contributed by atoms with Crippen molar-refractivity contribution in [3.05, 3.63) is 112 Å². The van der Waals surface area contributed by atoms with Gasteiger partial charge in [0.1, 0.15) is 17.2 Å². The van der Waals surface area contributed by atoms with Crippen molar-refractivity contribution in [2.24, 2.45) is 0 Å². The third kappa shape index (κ3) is 4.40. The summed E-state index contributed by atoms with van der Waals surface area (Å²) in [7, 11) is -4.10. The third-order valence-electron chi connectivity index (χ3n) is 4.82. The fourth-order valence-electron chi connectivity index (χ4n) is 3.19. The lowest BCUT2D eigenvalue weighted by atomic mass is 10.1. The van der Waals surface area contributed by atoms with Crippen LogP contribution in [-0.2, 0) is 23.1 Å². The molecule has 0 atom stereocenters. The zero-order chi connectivity index (χ0) is 22.0. The number of rotatable bonds is 6. The minimum atomic E-state index is -4.10. The Morgan fingerprint density at radius 1 is 0.806 bits per heavy atom. The summed E-state index contributed by atoms with van der Waals surface area (Å²) < 4.78 is 59.8. The van der Waals surface area contributed by atoms with E-state index in [1.165, 1.54) is 30.5 Å². The maximum atomic E-state index is 13.3. The predicted octanol–water partition coefficient (Wildman–Crippen LogP) is 4.46. The van der Waals surface area contributed by atoms with Crippen molar-refractivity contribution in [1.82, 2.24) is 4.31 Å². The first-order chi connectivity index (χ1) is 14.8. The van der Waals surface area contributed by atoms with Crippen molar-refractivity contribution in [1.29, 1.82) is 0 Å². The molecule has 4 aromatic rings. The van der Waals surface area contributed by atoms with Gasteiger partial charge in [-0.15, -0.1) is 0 Å². The normalized spacial score (nSPS) is 11.8. The summed E-state index contributed by atoms with van der Waals surface area (Å²) in [6.07, 6.45) is 1.24. The van der Waals surface area contributed by atoms with E-state index in [0.717, 1.165) is 28.6 Å². The van der Waals surface area contributed by atoms with Crippen LogP contribution in [0.5, 0.6) is 0 Å². The van der Waals surface area contributed by atoms with Crippen LogP contribution in [0.2, 0.25) is 0 Å². The van der Waals surface area contributed by atoms with Gasteiger partial charge in [0, 0.05) is 13.1 Å². The number of hydrogen-bond acceptors (Lipinski definition) is 4. The Balaban J connectivity index is 1.76. The predicted molar refractivity (Wildman–Crippen MR) is 112 cm³/mol. The van der Waals surface area contributed by atoms with Gasteiger partial charge in [0.15, 0.2) is 5.43 Å². The summed E-state index contributed by atoms with van der Waals surface area (Å²) in [5.74, 6) is -1.02. The quantitative estimate of drug-likeness (QED) is 0.443. The molecule has 3 aromatic carbocycles. The summed E-state index contributed by atoms with van der Waals surface area (Å²) in [6, 6.07) is 16.5. The number of nitrogens with zero attached hydrogens (tertiary/aromatic N) is 1. The number of halogens is 2. The van der Waals surface area contributed by atoms with Crippen LogP contribution in [0.25, 0.3) is 11.0 Å². The van der Waals surface area contributed by atoms with Gasteiger partial charge < -0.3 is 4.42 Å². The Bertz CT molecular complexity index is 1380. The first-order valence-electron chi connectivity index (χ1n) is 9.34. The molecular weight excluding hydrogens is 424 g/mol. The maximum absolute atomic E-state index is 13.3. The van der Waals surface area contributed by atoms with Crippen molar-refractivity contribution in [2.45, 2.75) is 18.0 Å². The average Bonchev–Trinajstić information content (AvgIpc) is 2.77. The molecule has 0 N–H and O–H groups in total. The van der Waals surface area contributed by atoms with E-state index in [9.17, 15) is 22.0 Å². The van der Waals surface area contributed by atoms with E-state index in [4.69, 9.17) is 4.42 Å². The molecule has 0 saturated heterocycles. The van der Waals surface area contributed by atoms with Gasteiger partial charge >= 0.3 is 0 Å². The number of hydrogen-bond donors (Lipinski definition) is 0. The molecule has 0 unspecified atom stereocenters.